The molecule has 1 aromatic rings. The molecule has 1 saturated carbocycles. The van der Waals surface area contributed by atoms with E-state index in [0.29, 0.717) is 18.4 Å². The number of rotatable bonds is 1. The van der Waals surface area contributed by atoms with Crippen LogP contribution in [0.25, 0.3) is 0 Å². The third-order valence-corrected chi connectivity index (χ3v) is 4.14. The van der Waals surface area contributed by atoms with Crippen LogP contribution in [0, 0.1) is 5.41 Å². The van der Waals surface area contributed by atoms with Crippen molar-refractivity contribution in [2.24, 2.45) is 5.41 Å². The highest BCUT2D eigenvalue weighted by Crippen LogP contribution is 2.47. The first-order valence-electron chi connectivity index (χ1n) is 6.50. The SMILES string of the molecule is CC1(C)CCCC(O)(c2ccc(C(F)(F)F)nc2Cl)C1. The van der Waals surface area contributed by atoms with E-state index in [2.05, 4.69) is 4.98 Å². The molecule has 1 atom stereocenters. The third kappa shape index (κ3) is 3.09. The first-order chi connectivity index (χ1) is 9.04. The largest absolute Gasteiger partial charge is 0.433 e. The van der Waals surface area contributed by atoms with E-state index in [1.54, 1.807) is 0 Å². The highest BCUT2D eigenvalue weighted by Gasteiger charge is 2.42. The molecule has 2 nitrogen and oxygen atoms in total. The highest BCUT2D eigenvalue weighted by atomic mass is 35.5. The van der Waals surface area contributed by atoms with Crippen LogP contribution in [0.5, 0.6) is 0 Å². The molecule has 0 amide bonds. The van der Waals surface area contributed by atoms with Gasteiger partial charge in [-0.15, -0.1) is 0 Å². The van der Waals surface area contributed by atoms with Crippen LogP contribution in [0.2, 0.25) is 5.15 Å². The molecule has 0 aliphatic heterocycles. The standard InChI is InChI=1S/C14H17ClF3NO/c1-12(2)6-3-7-13(20,8-12)9-4-5-10(14(16,17)18)19-11(9)15/h4-5,20H,3,6-8H2,1-2H3. The topological polar surface area (TPSA) is 33.1 Å². The summed E-state index contributed by atoms with van der Waals surface area (Å²) in [7, 11) is 0. The molecule has 1 unspecified atom stereocenters. The van der Waals surface area contributed by atoms with Gasteiger partial charge in [0.1, 0.15) is 10.8 Å². The molecule has 112 valence electrons. The van der Waals surface area contributed by atoms with Crippen LogP contribution in [0.4, 0.5) is 13.2 Å². The Bertz CT molecular complexity index is 516. The minimum Gasteiger partial charge on any atom is -0.385 e. The number of aliphatic hydroxyl groups is 1. The fourth-order valence-electron chi connectivity index (χ4n) is 3.00. The molecule has 1 heterocycles. The number of alkyl halides is 3. The van der Waals surface area contributed by atoms with Gasteiger partial charge >= 0.3 is 6.18 Å². The van der Waals surface area contributed by atoms with Crippen LogP contribution in [-0.2, 0) is 11.8 Å². The predicted molar refractivity (Wildman–Crippen MR) is 70.4 cm³/mol. The van der Waals surface area contributed by atoms with E-state index in [1.165, 1.54) is 6.07 Å². The molecule has 0 aromatic carbocycles. The number of nitrogens with zero attached hydrogens (tertiary/aromatic N) is 1. The molecule has 1 N–H and O–H groups in total. The zero-order valence-corrected chi connectivity index (χ0v) is 12.1. The molecule has 0 spiro atoms. The van der Waals surface area contributed by atoms with Crippen LogP contribution in [0.3, 0.4) is 0 Å². The Morgan fingerprint density at radius 2 is 1.90 bits per heavy atom. The van der Waals surface area contributed by atoms with Crippen molar-refractivity contribution >= 4 is 11.6 Å². The lowest BCUT2D eigenvalue weighted by molar-refractivity contribution is -0.141. The Morgan fingerprint density at radius 3 is 2.40 bits per heavy atom. The molecule has 0 radical (unpaired) electrons. The predicted octanol–water partition coefficient (Wildman–Crippen LogP) is 4.54. The molecular weight excluding hydrogens is 291 g/mol. The van der Waals surface area contributed by atoms with Crippen molar-refractivity contribution in [1.82, 2.24) is 4.98 Å². The average molecular weight is 308 g/mol. The quantitative estimate of drug-likeness (QED) is 0.773. The molecule has 1 aromatic heterocycles. The van der Waals surface area contributed by atoms with Crippen molar-refractivity contribution in [3.63, 3.8) is 0 Å². The molecule has 2 rings (SSSR count). The van der Waals surface area contributed by atoms with E-state index < -0.39 is 17.5 Å². The summed E-state index contributed by atoms with van der Waals surface area (Å²) in [6.07, 6.45) is -1.80. The summed E-state index contributed by atoms with van der Waals surface area (Å²) in [4.78, 5) is 3.39. The second-order valence-corrected chi connectivity index (χ2v) is 6.62. The zero-order chi connectivity index (χ0) is 15.2. The number of hydrogen-bond acceptors (Lipinski definition) is 2. The smallest absolute Gasteiger partial charge is 0.385 e. The highest BCUT2D eigenvalue weighted by molar-refractivity contribution is 6.30. The van der Waals surface area contributed by atoms with Crippen LogP contribution in [0.1, 0.15) is 50.8 Å². The maximum absolute atomic E-state index is 12.6. The van der Waals surface area contributed by atoms with Gasteiger partial charge in [0, 0.05) is 5.56 Å². The summed E-state index contributed by atoms with van der Waals surface area (Å²) < 4.78 is 37.7. The summed E-state index contributed by atoms with van der Waals surface area (Å²) in [5, 5.41) is 10.5. The lowest BCUT2D eigenvalue weighted by Crippen LogP contribution is -2.37. The van der Waals surface area contributed by atoms with E-state index in [4.69, 9.17) is 11.6 Å². The molecule has 1 aliphatic rings. The first-order valence-corrected chi connectivity index (χ1v) is 6.88. The van der Waals surface area contributed by atoms with E-state index >= 15 is 0 Å². The van der Waals surface area contributed by atoms with Crippen LogP contribution in [0.15, 0.2) is 12.1 Å². The summed E-state index contributed by atoms with van der Waals surface area (Å²) in [6, 6.07) is 2.13. The third-order valence-electron chi connectivity index (χ3n) is 3.86. The van der Waals surface area contributed by atoms with Gasteiger partial charge in [-0.25, -0.2) is 4.98 Å². The van der Waals surface area contributed by atoms with E-state index in [-0.39, 0.29) is 10.6 Å². The fraction of sp³-hybridized carbons (Fsp3) is 0.643. The lowest BCUT2D eigenvalue weighted by atomic mass is 9.68. The first kappa shape index (κ1) is 15.6. The van der Waals surface area contributed by atoms with Crippen molar-refractivity contribution in [1.29, 1.82) is 0 Å². The Balaban J connectivity index is 2.38. The molecule has 0 bridgehead atoms. The average Bonchev–Trinajstić information content (AvgIpc) is 2.25. The van der Waals surface area contributed by atoms with Gasteiger partial charge in [0.15, 0.2) is 0 Å². The van der Waals surface area contributed by atoms with Crippen molar-refractivity contribution in [3.8, 4) is 0 Å². The summed E-state index contributed by atoms with van der Waals surface area (Å²) in [5.74, 6) is 0. The van der Waals surface area contributed by atoms with E-state index in [1.807, 2.05) is 13.8 Å². The number of halogens is 4. The van der Waals surface area contributed by atoms with Gasteiger partial charge in [0.2, 0.25) is 0 Å². The lowest BCUT2D eigenvalue weighted by Gasteiger charge is -2.42. The van der Waals surface area contributed by atoms with Gasteiger partial charge in [-0.05, 0) is 37.2 Å². The Labute approximate surface area is 121 Å². The Kier molecular flexibility index (Phi) is 3.80. The molecular formula is C14H17ClF3NO. The van der Waals surface area contributed by atoms with E-state index in [0.717, 1.165) is 18.9 Å². The summed E-state index contributed by atoms with van der Waals surface area (Å²) in [6.45, 7) is 4.06. The van der Waals surface area contributed by atoms with Crippen LogP contribution >= 0.6 is 11.6 Å². The normalized spacial score (nSPS) is 26.6. The zero-order valence-electron chi connectivity index (χ0n) is 11.4. The van der Waals surface area contributed by atoms with E-state index in [9.17, 15) is 18.3 Å². The van der Waals surface area contributed by atoms with Crippen molar-refractivity contribution in [2.75, 3.05) is 0 Å². The molecule has 1 aliphatic carbocycles. The van der Waals surface area contributed by atoms with Gasteiger partial charge in [-0.3, -0.25) is 0 Å². The number of pyridine rings is 1. The second kappa shape index (κ2) is 4.88. The van der Waals surface area contributed by atoms with Crippen LogP contribution < -0.4 is 0 Å². The Hall–Kier alpha value is -0.810. The summed E-state index contributed by atoms with van der Waals surface area (Å²) >= 11 is 5.88. The minimum absolute atomic E-state index is 0.0704. The minimum atomic E-state index is -4.53. The molecule has 6 heteroatoms. The monoisotopic (exact) mass is 307 g/mol. The maximum atomic E-state index is 12.6. The second-order valence-electron chi connectivity index (χ2n) is 6.26. The number of aromatic nitrogens is 1. The van der Waals surface area contributed by atoms with Crippen molar-refractivity contribution in [3.05, 3.63) is 28.5 Å². The van der Waals surface area contributed by atoms with Gasteiger partial charge in [-0.1, -0.05) is 31.5 Å². The maximum Gasteiger partial charge on any atom is 0.433 e. The van der Waals surface area contributed by atoms with Gasteiger partial charge in [-0.2, -0.15) is 13.2 Å². The van der Waals surface area contributed by atoms with Crippen LogP contribution in [-0.4, -0.2) is 10.1 Å². The van der Waals surface area contributed by atoms with Gasteiger partial charge in [0.05, 0.1) is 5.60 Å². The fourth-order valence-corrected chi connectivity index (χ4v) is 3.33. The van der Waals surface area contributed by atoms with Gasteiger partial charge < -0.3 is 5.11 Å². The summed E-state index contributed by atoms with van der Waals surface area (Å²) in [5.41, 5.74) is -2.01. The molecule has 0 saturated heterocycles. The number of hydrogen-bond donors (Lipinski definition) is 1. The van der Waals surface area contributed by atoms with Crippen molar-refractivity contribution in [2.45, 2.75) is 51.3 Å². The van der Waals surface area contributed by atoms with Crippen molar-refractivity contribution < 1.29 is 18.3 Å². The molecule has 20 heavy (non-hydrogen) atoms. The molecule has 1 fully saturated rings. The Morgan fingerprint density at radius 1 is 1.25 bits per heavy atom. The van der Waals surface area contributed by atoms with Gasteiger partial charge in [0.25, 0.3) is 0 Å².